The third-order valence-corrected chi connectivity index (χ3v) is 10.3. The first-order valence-corrected chi connectivity index (χ1v) is 15.3. The number of amides is 1. The topological polar surface area (TPSA) is 83.7 Å². The highest BCUT2D eigenvalue weighted by Crippen LogP contribution is 2.39. The summed E-state index contributed by atoms with van der Waals surface area (Å²) >= 11 is 6.77. The molecular weight excluding hydrogens is 515 g/mol. The highest BCUT2D eigenvalue weighted by atomic mass is 32.2. The van der Waals surface area contributed by atoms with Crippen molar-refractivity contribution in [3.63, 3.8) is 0 Å². The molecule has 0 N–H and O–H groups in total. The number of piperidine rings is 1. The highest BCUT2D eigenvalue weighted by molar-refractivity contribution is 8.26. The van der Waals surface area contributed by atoms with Crippen LogP contribution in [0.15, 0.2) is 43.5 Å². The van der Waals surface area contributed by atoms with Crippen LogP contribution in [0, 0.1) is 12.8 Å². The van der Waals surface area contributed by atoms with Crippen LogP contribution in [0.4, 0.5) is 5.88 Å². The summed E-state index contributed by atoms with van der Waals surface area (Å²) in [5.41, 5.74) is 0.972. The molecule has 1 aromatic carbocycles. The predicted octanol–water partition coefficient (Wildman–Crippen LogP) is 5.59. The van der Waals surface area contributed by atoms with Gasteiger partial charge in [0.2, 0.25) is 26.6 Å². The quantitative estimate of drug-likeness (QED) is 0.355. The summed E-state index contributed by atoms with van der Waals surface area (Å²) in [4.78, 5) is 22.0. The van der Waals surface area contributed by atoms with E-state index in [4.69, 9.17) is 16.6 Å². The van der Waals surface area contributed by atoms with Gasteiger partial charge in [0.05, 0.1) is 9.80 Å². The fraction of sp³-hybridized carbons (Fsp3) is 0.500. The summed E-state index contributed by atoms with van der Waals surface area (Å²) in [6.07, 6.45) is 8.72. The average Bonchev–Trinajstić information content (AvgIpc) is 3.41. The van der Waals surface area contributed by atoms with Crippen LogP contribution < -0.4 is 4.90 Å². The number of benzene rings is 1. The Balaban J connectivity index is 1.51. The molecule has 0 spiro atoms. The van der Waals surface area contributed by atoms with E-state index >= 15 is 0 Å². The maximum Gasteiger partial charge on any atom is 0.266 e. The zero-order chi connectivity index (χ0) is 25.4. The lowest BCUT2D eigenvalue weighted by Gasteiger charge is -2.30. The number of nitrogens with zero attached hydrogens (tertiary/aromatic N) is 3. The number of thioether (sulfide) groups is 1. The van der Waals surface area contributed by atoms with Gasteiger partial charge in [0.25, 0.3) is 5.91 Å². The van der Waals surface area contributed by atoms with Crippen molar-refractivity contribution in [1.29, 1.82) is 0 Å². The third-order valence-electron chi connectivity index (χ3n) is 7.27. The molecule has 1 aromatic heterocycles. The van der Waals surface area contributed by atoms with Crippen LogP contribution in [-0.2, 0) is 14.6 Å². The molecule has 0 radical (unpaired) electrons. The van der Waals surface area contributed by atoms with E-state index < -0.39 is 9.84 Å². The molecule has 3 aliphatic rings. The van der Waals surface area contributed by atoms with Crippen molar-refractivity contribution in [3.05, 3.63) is 40.6 Å². The summed E-state index contributed by atoms with van der Waals surface area (Å²) in [6, 6.07) is 6.86. The molecule has 2 saturated heterocycles. The van der Waals surface area contributed by atoms with E-state index in [1.807, 2.05) is 11.8 Å². The minimum absolute atomic E-state index is 0.102. The number of thiocarbonyl (C=S) groups is 1. The lowest BCUT2D eigenvalue weighted by Crippen LogP contribution is -2.39. The van der Waals surface area contributed by atoms with Gasteiger partial charge in [-0.05, 0) is 50.7 Å². The monoisotopic (exact) mass is 545 g/mol. The first-order valence-electron chi connectivity index (χ1n) is 12.6. The average molecular weight is 546 g/mol. The molecular formula is C26H31N3O4S3. The van der Waals surface area contributed by atoms with Crippen LogP contribution >= 0.6 is 24.0 Å². The molecule has 3 fully saturated rings. The Morgan fingerprint density at radius 3 is 2.42 bits per heavy atom. The second kappa shape index (κ2) is 10.3. The van der Waals surface area contributed by atoms with Gasteiger partial charge in [-0.2, -0.15) is 4.98 Å². The predicted molar refractivity (Wildman–Crippen MR) is 146 cm³/mol. The number of rotatable bonds is 5. The molecule has 0 unspecified atom stereocenters. The first-order chi connectivity index (χ1) is 17.2. The smallest absolute Gasteiger partial charge is 0.266 e. The van der Waals surface area contributed by atoms with Crippen LogP contribution in [0.1, 0.15) is 63.3 Å². The highest BCUT2D eigenvalue weighted by Gasteiger charge is 2.38. The number of carbonyl (C=O) groups is 1. The number of sulfone groups is 1. The van der Waals surface area contributed by atoms with Crippen molar-refractivity contribution in [2.75, 3.05) is 18.0 Å². The summed E-state index contributed by atoms with van der Waals surface area (Å²) in [5, 5.41) is -0.102. The minimum atomic E-state index is -3.92. The van der Waals surface area contributed by atoms with Crippen LogP contribution in [0.2, 0.25) is 0 Å². The Kier molecular flexibility index (Phi) is 7.29. The Morgan fingerprint density at radius 2 is 1.75 bits per heavy atom. The van der Waals surface area contributed by atoms with Gasteiger partial charge in [0.1, 0.15) is 4.32 Å². The molecule has 0 bridgehead atoms. The zero-order valence-electron chi connectivity index (χ0n) is 20.6. The van der Waals surface area contributed by atoms with Gasteiger partial charge < -0.3 is 9.32 Å². The summed E-state index contributed by atoms with van der Waals surface area (Å²) in [5.74, 6) is 0.781. The SMILES string of the molecule is Cc1ccc(S(=O)(=O)c2nc(C=C3SC(=S)N(C4CCCCC4)C3=O)oc2N2CCC(C)CC2)cc1. The van der Waals surface area contributed by atoms with Crippen LogP contribution in [0.3, 0.4) is 0 Å². The van der Waals surface area contributed by atoms with Crippen molar-refractivity contribution in [1.82, 2.24) is 9.88 Å². The standard InChI is InChI=1S/C26H31N3O4S3/c1-17-8-10-20(11-9-17)36(31,32)23-25(28-14-12-18(2)13-15-28)33-22(27-23)16-21-24(30)29(26(34)35-21)19-6-4-3-5-7-19/h8-11,16,18-19H,3-7,12-15H2,1-2H3. The normalized spacial score (nSPS) is 21.7. The third kappa shape index (κ3) is 4.99. The minimum Gasteiger partial charge on any atom is -0.420 e. The van der Waals surface area contributed by atoms with Crippen molar-refractivity contribution in [2.45, 2.75) is 74.8 Å². The molecule has 2 aliphatic heterocycles. The van der Waals surface area contributed by atoms with Gasteiger partial charge in [-0.15, -0.1) is 0 Å². The number of aryl methyl sites for hydroxylation is 1. The molecule has 10 heteroatoms. The lowest BCUT2D eigenvalue weighted by molar-refractivity contribution is -0.124. The van der Waals surface area contributed by atoms with Crippen molar-refractivity contribution < 1.29 is 17.6 Å². The van der Waals surface area contributed by atoms with Crippen molar-refractivity contribution in [3.8, 4) is 0 Å². The number of hydrogen-bond donors (Lipinski definition) is 0. The van der Waals surface area contributed by atoms with Gasteiger partial charge in [-0.3, -0.25) is 9.69 Å². The number of carbonyl (C=O) groups excluding carboxylic acids is 1. The van der Waals surface area contributed by atoms with Crippen molar-refractivity contribution in [2.24, 2.45) is 5.92 Å². The first kappa shape index (κ1) is 25.5. The number of anilines is 1. The summed E-state index contributed by atoms with van der Waals surface area (Å²) in [7, 11) is -3.92. The molecule has 1 aliphatic carbocycles. The Hall–Kier alpha value is -2.17. The Bertz CT molecular complexity index is 1290. The van der Waals surface area contributed by atoms with E-state index in [0.717, 1.165) is 44.1 Å². The zero-order valence-corrected chi connectivity index (χ0v) is 23.1. The second-order valence-corrected chi connectivity index (χ2v) is 13.5. The van der Waals surface area contributed by atoms with Crippen LogP contribution in [0.5, 0.6) is 0 Å². The molecule has 2 aromatic rings. The second-order valence-electron chi connectivity index (χ2n) is 9.99. The summed E-state index contributed by atoms with van der Waals surface area (Å²) < 4.78 is 33.9. The maximum absolute atomic E-state index is 13.6. The van der Waals surface area contributed by atoms with Crippen LogP contribution in [-0.4, -0.2) is 47.7 Å². The lowest BCUT2D eigenvalue weighted by atomic mass is 9.94. The van der Waals surface area contributed by atoms with E-state index in [2.05, 4.69) is 11.9 Å². The molecule has 0 atom stereocenters. The number of oxazole rings is 1. The molecule has 192 valence electrons. The number of aromatic nitrogens is 1. The van der Waals surface area contributed by atoms with E-state index in [1.165, 1.54) is 18.2 Å². The fourth-order valence-corrected chi connectivity index (χ4v) is 7.73. The van der Waals surface area contributed by atoms with E-state index in [0.29, 0.717) is 28.2 Å². The van der Waals surface area contributed by atoms with Gasteiger partial charge in [0.15, 0.2) is 0 Å². The Morgan fingerprint density at radius 1 is 1.08 bits per heavy atom. The molecule has 3 heterocycles. The number of hydrogen-bond acceptors (Lipinski definition) is 8. The van der Waals surface area contributed by atoms with Gasteiger partial charge in [0, 0.05) is 25.2 Å². The van der Waals surface area contributed by atoms with E-state index in [9.17, 15) is 13.2 Å². The summed E-state index contributed by atoms with van der Waals surface area (Å²) in [6.45, 7) is 5.49. The Labute approximate surface area is 222 Å². The molecule has 5 rings (SSSR count). The largest absolute Gasteiger partial charge is 0.420 e. The molecule has 36 heavy (non-hydrogen) atoms. The van der Waals surface area contributed by atoms with E-state index in [-0.39, 0.29) is 33.6 Å². The van der Waals surface area contributed by atoms with E-state index in [1.54, 1.807) is 35.2 Å². The van der Waals surface area contributed by atoms with Gasteiger partial charge >= 0.3 is 0 Å². The molecule has 1 amide bonds. The molecule has 1 saturated carbocycles. The van der Waals surface area contributed by atoms with Crippen molar-refractivity contribution >= 4 is 56.0 Å². The van der Waals surface area contributed by atoms with Gasteiger partial charge in [-0.1, -0.05) is 67.9 Å². The molecule has 7 nitrogen and oxygen atoms in total. The fourth-order valence-electron chi connectivity index (χ4n) is 5.04. The van der Waals surface area contributed by atoms with Gasteiger partial charge in [-0.25, -0.2) is 8.42 Å². The maximum atomic E-state index is 13.6. The van der Waals surface area contributed by atoms with Crippen LogP contribution in [0.25, 0.3) is 6.08 Å².